The van der Waals surface area contributed by atoms with Gasteiger partial charge in [-0.3, -0.25) is 0 Å². The van der Waals surface area contributed by atoms with E-state index >= 15 is 0 Å². The van der Waals surface area contributed by atoms with Crippen LogP contribution in [0.5, 0.6) is 0 Å². The number of nitrogens with two attached hydrogens (primary N) is 1. The lowest BCUT2D eigenvalue weighted by Gasteiger charge is -2.30. The summed E-state index contributed by atoms with van der Waals surface area (Å²) in [6.45, 7) is 6.93. The van der Waals surface area contributed by atoms with E-state index < -0.39 is 0 Å². The molecule has 0 unspecified atom stereocenters. The Labute approximate surface area is 101 Å². The molecule has 1 aliphatic rings. The van der Waals surface area contributed by atoms with Crippen LogP contribution in [0.4, 0.5) is 10.8 Å². The highest BCUT2D eigenvalue weighted by molar-refractivity contribution is 7.10. The molecule has 16 heavy (non-hydrogen) atoms. The van der Waals surface area contributed by atoms with Crippen LogP contribution >= 0.6 is 11.5 Å². The highest BCUT2D eigenvalue weighted by Crippen LogP contribution is 2.18. The molecule has 1 aromatic rings. The molecule has 1 aromatic heterocycles. The number of hydrogen-bond donors (Lipinski definition) is 2. The lowest BCUT2D eigenvalue weighted by Crippen LogP contribution is -2.36. The van der Waals surface area contributed by atoms with Gasteiger partial charge in [0.1, 0.15) is 10.8 Å². The molecule has 0 bridgehead atoms. The van der Waals surface area contributed by atoms with Crippen molar-refractivity contribution < 1.29 is 0 Å². The molecule has 1 saturated heterocycles. The van der Waals surface area contributed by atoms with Crippen molar-refractivity contribution in [2.45, 2.75) is 19.8 Å². The maximum absolute atomic E-state index is 5.56. The average Bonchev–Trinajstić information content (AvgIpc) is 2.67. The molecule has 5 heteroatoms. The zero-order valence-corrected chi connectivity index (χ0v) is 10.6. The second kappa shape index (κ2) is 5.50. The fourth-order valence-electron chi connectivity index (χ4n) is 2.00. The first kappa shape index (κ1) is 11.7. The lowest BCUT2D eigenvalue weighted by atomic mass is 9.99. The molecule has 1 fully saturated rings. The quantitative estimate of drug-likeness (QED) is 0.843. The molecule has 4 nitrogen and oxygen atoms in total. The Kier molecular flexibility index (Phi) is 4.01. The third-order valence-electron chi connectivity index (χ3n) is 3.13. The first-order valence-corrected chi connectivity index (χ1v) is 6.70. The molecule has 0 spiro atoms. The molecule has 90 valence electrons. The van der Waals surface area contributed by atoms with Crippen molar-refractivity contribution in [1.29, 1.82) is 0 Å². The van der Waals surface area contributed by atoms with E-state index in [9.17, 15) is 0 Å². The molecule has 0 aromatic carbocycles. The summed E-state index contributed by atoms with van der Waals surface area (Å²) in [5, 5.41) is 4.43. The fourth-order valence-corrected chi connectivity index (χ4v) is 2.59. The molecule has 0 atom stereocenters. The second-order valence-electron chi connectivity index (χ2n) is 4.57. The molecule has 0 radical (unpaired) electrons. The van der Waals surface area contributed by atoms with Gasteiger partial charge in [0.2, 0.25) is 0 Å². The van der Waals surface area contributed by atoms with Gasteiger partial charge in [0.05, 0.1) is 0 Å². The van der Waals surface area contributed by atoms with Crippen LogP contribution in [0.15, 0.2) is 6.07 Å². The van der Waals surface area contributed by atoms with Crippen LogP contribution < -0.4 is 11.1 Å². The molecule has 2 rings (SSSR count). The van der Waals surface area contributed by atoms with Gasteiger partial charge < -0.3 is 16.0 Å². The summed E-state index contributed by atoms with van der Waals surface area (Å²) in [5.41, 5.74) is 5.56. The maximum atomic E-state index is 5.56. The van der Waals surface area contributed by atoms with Crippen molar-refractivity contribution in [2.24, 2.45) is 5.92 Å². The van der Waals surface area contributed by atoms with Crippen molar-refractivity contribution >= 4 is 22.4 Å². The summed E-state index contributed by atoms with van der Waals surface area (Å²) in [5.74, 6) is 1.52. The van der Waals surface area contributed by atoms with E-state index in [1.54, 1.807) is 0 Å². The number of piperidine rings is 1. The van der Waals surface area contributed by atoms with Gasteiger partial charge >= 0.3 is 0 Å². The summed E-state index contributed by atoms with van der Waals surface area (Å²) in [7, 11) is 0. The Hall–Kier alpha value is -0.810. The summed E-state index contributed by atoms with van der Waals surface area (Å²) < 4.78 is 4.04. The molecule has 3 N–H and O–H groups in total. The van der Waals surface area contributed by atoms with Gasteiger partial charge in [-0.1, -0.05) is 6.92 Å². The van der Waals surface area contributed by atoms with Crippen molar-refractivity contribution in [3.63, 3.8) is 0 Å². The predicted molar refractivity (Wildman–Crippen MR) is 69.9 cm³/mol. The van der Waals surface area contributed by atoms with Gasteiger partial charge in [0.25, 0.3) is 0 Å². The van der Waals surface area contributed by atoms with Crippen molar-refractivity contribution in [3.8, 4) is 0 Å². The Morgan fingerprint density at radius 1 is 1.56 bits per heavy atom. The number of rotatable bonds is 4. The normalized spacial score (nSPS) is 18.8. The van der Waals surface area contributed by atoms with E-state index in [1.807, 2.05) is 6.07 Å². The van der Waals surface area contributed by atoms with Crippen molar-refractivity contribution in [3.05, 3.63) is 6.07 Å². The van der Waals surface area contributed by atoms with Crippen LogP contribution in [0, 0.1) is 5.92 Å². The number of hydrogen-bond acceptors (Lipinski definition) is 5. The third kappa shape index (κ3) is 3.35. The van der Waals surface area contributed by atoms with Gasteiger partial charge in [-0.05, 0) is 43.4 Å². The molecule has 1 aliphatic heterocycles. The smallest absolute Gasteiger partial charge is 0.139 e. The van der Waals surface area contributed by atoms with Gasteiger partial charge in [0, 0.05) is 19.2 Å². The molecular weight excluding hydrogens is 220 g/mol. The minimum absolute atomic E-state index is 0.610. The Morgan fingerprint density at radius 3 is 2.94 bits per heavy atom. The Balaban J connectivity index is 1.64. The minimum atomic E-state index is 0.610. The molecule has 0 saturated carbocycles. The lowest BCUT2D eigenvalue weighted by molar-refractivity contribution is 0.199. The topological polar surface area (TPSA) is 54.2 Å². The van der Waals surface area contributed by atoms with Crippen molar-refractivity contribution in [2.75, 3.05) is 37.2 Å². The van der Waals surface area contributed by atoms with Gasteiger partial charge in [-0.15, -0.1) is 0 Å². The predicted octanol–water partition coefficient (Wildman–Crippen LogP) is 1.87. The first-order chi connectivity index (χ1) is 7.74. The largest absolute Gasteiger partial charge is 0.383 e. The van der Waals surface area contributed by atoms with E-state index in [0.717, 1.165) is 24.0 Å². The van der Waals surface area contributed by atoms with E-state index in [1.165, 1.54) is 37.5 Å². The van der Waals surface area contributed by atoms with Crippen molar-refractivity contribution in [1.82, 2.24) is 9.27 Å². The zero-order chi connectivity index (χ0) is 11.4. The standard InChI is InChI=1S/C11H20N4S/c1-9-2-5-15(6-3-9)7-4-13-11-8-10(12)14-16-11/h8-9,13H,2-7H2,1H3,(H2,12,14). The molecule has 0 amide bonds. The van der Waals surface area contributed by atoms with Crippen LogP contribution in [-0.4, -0.2) is 35.5 Å². The number of nitrogens with one attached hydrogen (secondary N) is 1. The van der Waals surface area contributed by atoms with Crippen LogP contribution in [-0.2, 0) is 0 Å². The summed E-state index contributed by atoms with van der Waals surface area (Å²) in [6.07, 6.45) is 2.68. The molecule has 0 aliphatic carbocycles. The summed E-state index contributed by atoms with van der Waals surface area (Å²) in [4.78, 5) is 2.53. The zero-order valence-electron chi connectivity index (χ0n) is 9.78. The van der Waals surface area contributed by atoms with Crippen LogP contribution in [0.25, 0.3) is 0 Å². The molecular formula is C11H20N4S. The highest BCUT2D eigenvalue weighted by Gasteiger charge is 2.14. The number of likely N-dealkylation sites (tertiary alicyclic amines) is 1. The van der Waals surface area contributed by atoms with E-state index in [-0.39, 0.29) is 0 Å². The number of aromatic nitrogens is 1. The van der Waals surface area contributed by atoms with E-state index in [0.29, 0.717) is 5.82 Å². The van der Waals surface area contributed by atoms with E-state index in [2.05, 4.69) is 21.5 Å². The second-order valence-corrected chi connectivity index (χ2v) is 5.37. The number of anilines is 2. The monoisotopic (exact) mass is 240 g/mol. The van der Waals surface area contributed by atoms with Crippen LogP contribution in [0.3, 0.4) is 0 Å². The number of nitrogen functional groups attached to an aromatic ring is 1. The third-order valence-corrected chi connectivity index (χ3v) is 3.89. The van der Waals surface area contributed by atoms with Gasteiger partial charge in [0.15, 0.2) is 0 Å². The number of nitrogens with zero attached hydrogens (tertiary/aromatic N) is 2. The van der Waals surface area contributed by atoms with Crippen LogP contribution in [0.2, 0.25) is 0 Å². The minimum Gasteiger partial charge on any atom is -0.383 e. The first-order valence-electron chi connectivity index (χ1n) is 5.92. The van der Waals surface area contributed by atoms with Gasteiger partial charge in [-0.2, -0.15) is 4.37 Å². The summed E-state index contributed by atoms with van der Waals surface area (Å²) in [6, 6.07) is 1.89. The Bertz CT molecular complexity index is 318. The highest BCUT2D eigenvalue weighted by atomic mass is 32.1. The average molecular weight is 240 g/mol. The van der Waals surface area contributed by atoms with E-state index in [4.69, 9.17) is 5.73 Å². The van der Waals surface area contributed by atoms with Crippen LogP contribution in [0.1, 0.15) is 19.8 Å². The SMILES string of the molecule is CC1CCN(CCNc2cc(N)ns2)CC1. The van der Waals surface area contributed by atoms with Gasteiger partial charge in [-0.25, -0.2) is 0 Å². The molecule has 2 heterocycles. The summed E-state index contributed by atoms with van der Waals surface area (Å²) >= 11 is 1.43. The Morgan fingerprint density at radius 2 is 2.31 bits per heavy atom. The maximum Gasteiger partial charge on any atom is 0.139 e. The fraction of sp³-hybridized carbons (Fsp3) is 0.727.